The normalized spacial score (nSPS) is 9.00. The van der Waals surface area contributed by atoms with E-state index in [9.17, 15) is 9.59 Å². The van der Waals surface area contributed by atoms with Crippen LogP contribution in [-0.4, -0.2) is 12.1 Å². The van der Waals surface area contributed by atoms with Gasteiger partial charge in [0.15, 0.2) is 0 Å². The van der Waals surface area contributed by atoms with E-state index in [2.05, 4.69) is 0 Å². The fraction of sp³-hybridized carbons (Fsp3) is 0.571. The summed E-state index contributed by atoms with van der Waals surface area (Å²) in [5, 5.41) is 0. The average molecular weight is 127 g/mol. The number of aldehydes is 1. The molecule has 0 N–H and O–H groups in total. The van der Waals surface area contributed by atoms with Crippen molar-refractivity contribution < 1.29 is 9.59 Å². The molecule has 2 heteroatoms. The summed E-state index contributed by atoms with van der Waals surface area (Å²) in [6.45, 7) is 1.81. The van der Waals surface area contributed by atoms with E-state index in [1.54, 1.807) is 13.3 Å². The van der Waals surface area contributed by atoms with Crippen LogP contribution in [0.3, 0.4) is 0 Å². The second-order valence-electron chi connectivity index (χ2n) is 1.77. The fourth-order valence-electron chi connectivity index (χ4n) is 0.457. The summed E-state index contributed by atoms with van der Waals surface area (Å²) in [5.41, 5.74) is 0. The van der Waals surface area contributed by atoms with Crippen LogP contribution in [0.5, 0.6) is 0 Å². The highest BCUT2D eigenvalue weighted by Gasteiger charge is 1.95. The van der Waals surface area contributed by atoms with E-state index in [4.69, 9.17) is 0 Å². The summed E-state index contributed by atoms with van der Waals surface area (Å²) in [6.07, 6.45) is 3.98. The van der Waals surface area contributed by atoms with Gasteiger partial charge in [0.2, 0.25) is 0 Å². The summed E-state index contributed by atoms with van der Waals surface area (Å²) in [7, 11) is 0. The molecule has 0 aromatic rings. The smallest absolute Gasteiger partial charge is 0.136 e. The van der Waals surface area contributed by atoms with E-state index in [1.807, 2.05) is 0 Å². The van der Waals surface area contributed by atoms with Crippen LogP contribution in [0.1, 0.15) is 26.2 Å². The summed E-state index contributed by atoms with van der Waals surface area (Å²) < 4.78 is 0. The Morgan fingerprint density at radius 1 is 1.44 bits per heavy atom. The van der Waals surface area contributed by atoms with Gasteiger partial charge >= 0.3 is 0 Å². The standard InChI is InChI=1S/C7H11O2/c1-2-7(9)5-3-4-6-8/h5-6H,2-4H2,1H3. The van der Waals surface area contributed by atoms with Gasteiger partial charge in [-0.1, -0.05) is 6.92 Å². The predicted molar refractivity (Wildman–Crippen MR) is 34.9 cm³/mol. The molecule has 0 bridgehead atoms. The Morgan fingerprint density at radius 2 is 2.11 bits per heavy atom. The lowest BCUT2D eigenvalue weighted by atomic mass is 10.1. The highest BCUT2D eigenvalue weighted by atomic mass is 16.1. The average Bonchev–Trinajstić information content (AvgIpc) is 1.89. The molecule has 0 unspecified atom stereocenters. The first-order valence-corrected chi connectivity index (χ1v) is 3.11. The van der Waals surface area contributed by atoms with Gasteiger partial charge in [-0.05, 0) is 6.42 Å². The van der Waals surface area contributed by atoms with E-state index in [1.165, 1.54) is 0 Å². The molecule has 0 amide bonds. The first kappa shape index (κ1) is 8.34. The van der Waals surface area contributed by atoms with E-state index < -0.39 is 0 Å². The third-order valence-electron chi connectivity index (χ3n) is 1.00. The van der Waals surface area contributed by atoms with Crippen molar-refractivity contribution in [1.82, 2.24) is 0 Å². The minimum atomic E-state index is 0.122. The molecule has 1 radical (unpaired) electrons. The van der Waals surface area contributed by atoms with Crippen LogP contribution in [0.4, 0.5) is 0 Å². The number of hydrogen-bond acceptors (Lipinski definition) is 2. The van der Waals surface area contributed by atoms with Crippen molar-refractivity contribution in [3.05, 3.63) is 6.42 Å². The quantitative estimate of drug-likeness (QED) is 0.410. The monoisotopic (exact) mass is 127 g/mol. The molecule has 0 saturated heterocycles. The minimum Gasteiger partial charge on any atom is -0.303 e. The molecule has 51 valence electrons. The van der Waals surface area contributed by atoms with Crippen LogP contribution in [0.25, 0.3) is 0 Å². The van der Waals surface area contributed by atoms with Gasteiger partial charge in [0, 0.05) is 19.3 Å². The number of carbonyl (C=O) groups is 2. The minimum absolute atomic E-state index is 0.122. The molecule has 0 aromatic carbocycles. The summed E-state index contributed by atoms with van der Waals surface area (Å²) in [5.74, 6) is 0.122. The molecular weight excluding hydrogens is 116 g/mol. The highest BCUT2D eigenvalue weighted by Crippen LogP contribution is 1.94. The molecule has 0 atom stereocenters. The second kappa shape index (κ2) is 5.48. The molecule has 0 aliphatic carbocycles. The maximum Gasteiger partial charge on any atom is 0.136 e. The van der Waals surface area contributed by atoms with E-state index in [0.717, 1.165) is 6.29 Å². The van der Waals surface area contributed by atoms with Gasteiger partial charge in [-0.2, -0.15) is 0 Å². The molecule has 0 aliphatic heterocycles. The third-order valence-corrected chi connectivity index (χ3v) is 1.00. The van der Waals surface area contributed by atoms with Crippen molar-refractivity contribution in [2.75, 3.05) is 0 Å². The van der Waals surface area contributed by atoms with Crippen molar-refractivity contribution in [2.24, 2.45) is 0 Å². The molecule has 9 heavy (non-hydrogen) atoms. The Balaban J connectivity index is 3.06. The predicted octanol–water partition coefficient (Wildman–Crippen LogP) is 1.15. The Morgan fingerprint density at radius 3 is 2.56 bits per heavy atom. The van der Waals surface area contributed by atoms with Crippen molar-refractivity contribution >= 4 is 12.1 Å². The van der Waals surface area contributed by atoms with Crippen molar-refractivity contribution in [3.63, 3.8) is 0 Å². The molecule has 2 nitrogen and oxygen atoms in total. The third kappa shape index (κ3) is 5.21. The summed E-state index contributed by atoms with van der Waals surface area (Å²) >= 11 is 0. The molecule has 0 aliphatic rings. The van der Waals surface area contributed by atoms with Crippen LogP contribution in [0.2, 0.25) is 0 Å². The number of carbonyl (C=O) groups excluding carboxylic acids is 2. The van der Waals surface area contributed by atoms with E-state index in [0.29, 0.717) is 19.3 Å². The lowest BCUT2D eigenvalue weighted by molar-refractivity contribution is -0.115. The van der Waals surface area contributed by atoms with Crippen LogP contribution >= 0.6 is 0 Å². The topological polar surface area (TPSA) is 34.1 Å². The van der Waals surface area contributed by atoms with Crippen LogP contribution in [-0.2, 0) is 9.59 Å². The zero-order valence-corrected chi connectivity index (χ0v) is 5.59. The molecule has 0 rings (SSSR count). The number of Topliss-reactive ketones (excluding diaryl/α,β-unsaturated/α-hetero) is 1. The number of hydrogen-bond donors (Lipinski definition) is 0. The Bertz CT molecular complexity index is 97.1. The number of unbranched alkanes of at least 4 members (excludes halogenated alkanes) is 1. The van der Waals surface area contributed by atoms with Crippen LogP contribution < -0.4 is 0 Å². The van der Waals surface area contributed by atoms with Gasteiger partial charge in [-0.25, -0.2) is 0 Å². The van der Waals surface area contributed by atoms with E-state index in [-0.39, 0.29) is 5.78 Å². The SMILES string of the molecule is CCC(=O)[CH]CCC=O. The largest absolute Gasteiger partial charge is 0.303 e. The fourth-order valence-corrected chi connectivity index (χ4v) is 0.457. The molecule has 0 aromatic heterocycles. The van der Waals surface area contributed by atoms with Crippen molar-refractivity contribution in [1.29, 1.82) is 0 Å². The summed E-state index contributed by atoms with van der Waals surface area (Å²) in [4.78, 5) is 20.3. The van der Waals surface area contributed by atoms with Gasteiger partial charge in [-0.15, -0.1) is 0 Å². The van der Waals surface area contributed by atoms with Gasteiger partial charge in [0.1, 0.15) is 12.1 Å². The molecular formula is C7H11O2. The molecule has 0 fully saturated rings. The Labute approximate surface area is 55.3 Å². The highest BCUT2D eigenvalue weighted by molar-refractivity contribution is 5.86. The molecule has 0 spiro atoms. The Hall–Kier alpha value is -0.660. The lowest BCUT2D eigenvalue weighted by Crippen LogP contribution is -1.95. The zero-order chi connectivity index (χ0) is 7.11. The van der Waals surface area contributed by atoms with Gasteiger partial charge < -0.3 is 4.79 Å². The van der Waals surface area contributed by atoms with Crippen LogP contribution in [0.15, 0.2) is 0 Å². The molecule has 0 heterocycles. The van der Waals surface area contributed by atoms with Crippen LogP contribution in [0, 0.1) is 6.42 Å². The molecule has 0 saturated carbocycles. The Kier molecular flexibility index (Phi) is 5.07. The van der Waals surface area contributed by atoms with Gasteiger partial charge in [0.05, 0.1) is 0 Å². The van der Waals surface area contributed by atoms with Gasteiger partial charge in [-0.3, -0.25) is 4.79 Å². The maximum absolute atomic E-state index is 10.5. The zero-order valence-electron chi connectivity index (χ0n) is 5.59. The van der Waals surface area contributed by atoms with Gasteiger partial charge in [0.25, 0.3) is 0 Å². The number of rotatable bonds is 5. The lowest BCUT2D eigenvalue weighted by Gasteiger charge is -1.90. The van der Waals surface area contributed by atoms with Crippen molar-refractivity contribution in [3.8, 4) is 0 Å². The van der Waals surface area contributed by atoms with Crippen molar-refractivity contribution in [2.45, 2.75) is 26.2 Å². The first-order valence-electron chi connectivity index (χ1n) is 3.11. The number of ketones is 1. The first-order chi connectivity index (χ1) is 4.31. The second-order valence-corrected chi connectivity index (χ2v) is 1.77. The maximum atomic E-state index is 10.5. The summed E-state index contributed by atoms with van der Waals surface area (Å²) in [6, 6.07) is 0. The van der Waals surface area contributed by atoms with E-state index >= 15 is 0 Å².